The molecular formula is C9H25O2PY6-2. The zero-order valence-corrected chi connectivity index (χ0v) is 30.8. The predicted molar refractivity (Wildman–Crippen MR) is 59.7 cm³/mol. The summed E-state index contributed by atoms with van der Waals surface area (Å²) in [6, 6.07) is 0. The summed E-state index contributed by atoms with van der Waals surface area (Å²) in [6.45, 7) is 16.8. The molecule has 0 spiro atoms. The van der Waals surface area contributed by atoms with E-state index in [1.165, 1.54) is 19.8 Å². The fourth-order valence-electron chi connectivity index (χ4n) is 0. The largest absolute Gasteiger partial charge is 0.346 e. The summed E-state index contributed by atoms with van der Waals surface area (Å²) < 4.78 is 9.77. The van der Waals surface area contributed by atoms with E-state index in [0.29, 0.717) is 0 Å². The monoisotopic (exact) mass is 730 g/mol. The summed E-state index contributed by atoms with van der Waals surface area (Å²) in [5.41, 5.74) is 0. The molecule has 0 aromatic carbocycles. The van der Waals surface area contributed by atoms with Crippen LogP contribution in [0.15, 0.2) is 0 Å². The number of hydrogen-bond acceptors (Lipinski definition) is 1. The minimum Gasteiger partial charge on any atom is -0.346 e. The van der Waals surface area contributed by atoms with Crippen molar-refractivity contribution in [2.45, 2.75) is 34.1 Å². The van der Waals surface area contributed by atoms with Crippen molar-refractivity contribution in [3.63, 3.8) is 0 Å². The van der Waals surface area contributed by atoms with Gasteiger partial charge in [-0.15, -0.1) is 0 Å². The third kappa shape index (κ3) is 234. The molecule has 1 N–H and O–H groups in total. The van der Waals surface area contributed by atoms with E-state index in [0.717, 1.165) is 0 Å². The van der Waals surface area contributed by atoms with Crippen molar-refractivity contribution in [3.05, 3.63) is 13.8 Å². The molecule has 18 heavy (non-hydrogen) atoms. The Morgan fingerprint density at radius 2 is 0.778 bits per heavy atom. The van der Waals surface area contributed by atoms with E-state index >= 15 is 0 Å². The standard InChI is InChI=1S/C3H8.C2H7O2P.2C2H5.6Y/c1-3-2;1-5(2,3)4;2*1-2;;;;;;/h3H2,1-2H3;1-2H3,(H,3,4);2*1H2,2H3;;;;;;/q;;2*-1;;;;;;. The quantitative estimate of drug-likeness (QED) is 0.306. The fourth-order valence-corrected chi connectivity index (χ4v) is 0. The van der Waals surface area contributed by atoms with Gasteiger partial charge in [0.05, 0.1) is 0 Å². The molecule has 0 aliphatic heterocycles. The maximum atomic E-state index is 9.77. The van der Waals surface area contributed by atoms with Gasteiger partial charge in [-0.2, -0.15) is 13.8 Å². The van der Waals surface area contributed by atoms with Gasteiger partial charge in [-0.25, -0.2) is 0 Å². The average Bonchev–Trinajstić information content (AvgIpc) is 1.93. The molecule has 0 saturated carbocycles. The molecule has 0 saturated heterocycles. The van der Waals surface area contributed by atoms with Gasteiger partial charge < -0.3 is 18.7 Å². The van der Waals surface area contributed by atoms with E-state index in [-0.39, 0.29) is 196 Å². The van der Waals surface area contributed by atoms with Crippen molar-refractivity contribution in [2.75, 3.05) is 13.3 Å². The molecule has 0 aromatic heterocycles. The number of hydrogen-bond donors (Lipinski definition) is 1. The minimum atomic E-state index is -2.64. The Morgan fingerprint density at radius 3 is 0.778 bits per heavy atom. The van der Waals surface area contributed by atoms with Gasteiger partial charge in [0.25, 0.3) is 0 Å². The van der Waals surface area contributed by atoms with Crippen LogP contribution in [-0.4, -0.2) is 18.2 Å². The van der Waals surface area contributed by atoms with Crippen LogP contribution in [-0.2, 0) is 201 Å². The van der Waals surface area contributed by atoms with Crippen LogP contribution in [0.25, 0.3) is 0 Å². The summed E-state index contributed by atoms with van der Waals surface area (Å²) in [6.07, 6.45) is 1.25. The van der Waals surface area contributed by atoms with Crippen LogP contribution in [0.3, 0.4) is 0 Å². The van der Waals surface area contributed by atoms with Gasteiger partial charge in [-0.05, 0) is 0 Å². The summed E-state index contributed by atoms with van der Waals surface area (Å²) in [5, 5.41) is 0. The van der Waals surface area contributed by atoms with Crippen molar-refractivity contribution in [1.29, 1.82) is 0 Å². The van der Waals surface area contributed by atoms with Gasteiger partial charge in [-0.3, -0.25) is 4.57 Å². The van der Waals surface area contributed by atoms with Gasteiger partial charge in [0.15, 0.2) is 7.37 Å². The first-order chi connectivity index (χ1) is 5.41. The summed E-state index contributed by atoms with van der Waals surface area (Å²) in [4.78, 5) is 8.08. The van der Waals surface area contributed by atoms with Crippen molar-refractivity contribution in [1.82, 2.24) is 0 Å². The predicted octanol–water partition coefficient (Wildman–Crippen LogP) is 3.60. The Bertz CT molecular complexity index is 84.9. The molecule has 0 aromatic rings. The van der Waals surface area contributed by atoms with E-state index in [1.54, 1.807) is 13.8 Å². The van der Waals surface area contributed by atoms with E-state index < -0.39 is 7.37 Å². The molecule has 0 unspecified atom stereocenters. The molecule has 0 aliphatic carbocycles. The third-order valence-corrected chi connectivity index (χ3v) is 0. The van der Waals surface area contributed by atoms with Gasteiger partial charge in [0.1, 0.15) is 0 Å². The van der Waals surface area contributed by atoms with Crippen LogP contribution >= 0.6 is 7.37 Å². The Hall–Kier alpha value is 6.81. The van der Waals surface area contributed by atoms with E-state index in [1.807, 2.05) is 0 Å². The molecular weight excluding hydrogens is 705 g/mol. The fraction of sp³-hybridized carbons (Fsp3) is 0.778. The molecule has 0 amide bonds. The van der Waals surface area contributed by atoms with Crippen molar-refractivity contribution in [3.8, 4) is 0 Å². The summed E-state index contributed by atoms with van der Waals surface area (Å²) >= 11 is 0. The first-order valence-corrected chi connectivity index (χ1v) is 6.66. The molecule has 0 fully saturated rings. The molecule has 0 atom stereocenters. The average molecular weight is 730 g/mol. The first-order valence-electron chi connectivity index (χ1n) is 4.11. The SMILES string of the molecule is CCC.CP(C)(=O)O.[CH2-]C.[CH2-]C.[Y].[Y].[Y].[Y].[Y].[Y]. The van der Waals surface area contributed by atoms with Gasteiger partial charge >= 0.3 is 0 Å². The molecule has 0 aliphatic rings. The Morgan fingerprint density at radius 1 is 0.778 bits per heavy atom. The van der Waals surface area contributed by atoms with Crippen LogP contribution in [0.4, 0.5) is 0 Å². The second-order valence-corrected chi connectivity index (χ2v) is 4.59. The summed E-state index contributed by atoms with van der Waals surface area (Å²) in [7, 11) is -2.64. The van der Waals surface area contributed by atoms with Crippen molar-refractivity contribution in [2.24, 2.45) is 0 Å². The second kappa shape index (κ2) is 65.0. The zero-order valence-electron chi connectivity index (χ0n) is 12.9. The van der Waals surface area contributed by atoms with Crippen molar-refractivity contribution < 1.29 is 206 Å². The molecule has 9 heteroatoms. The van der Waals surface area contributed by atoms with Gasteiger partial charge in [-0.1, -0.05) is 20.3 Å². The molecule has 0 rings (SSSR count). The van der Waals surface area contributed by atoms with Gasteiger partial charge in [0.2, 0.25) is 0 Å². The van der Waals surface area contributed by atoms with E-state index in [4.69, 9.17) is 4.89 Å². The Kier molecular flexibility index (Phi) is 231. The van der Waals surface area contributed by atoms with Crippen LogP contribution in [0, 0.1) is 13.8 Å². The van der Waals surface area contributed by atoms with E-state index in [2.05, 4.69) is 27.7 Å². The van der Waals surface area contributed by atoms with Crippen molar-refractivity contribution >= 4 is 7.37 Å². The molecule has 0 bridgehead atoms. The molecule has 0 heterocycles. The van der Waals surface area contributed by atoms with Crippen LogP contribution < -0.4 is 0 Å². The minimum absolute atomic E-state index is 0. The number of rotatable bonds is 0. The maximum Gasteiger partial charge on any atom is 0.194 e. The summed E-state index contributed by atoms with van der Waals surface area (Å²) in [5.74, 6) is 0. The molecule has 6 radical (unpaired) electrons. The second-order valence-electron chi connectivity index (χ2n) is 2.00. The first kappa shape index (κ1) is 64.1. The normalized spacial score (nSPS) is 4.94. The van der Waals surface area contributed by atoms with Crippen LogP contribution in [0.2, 0.25) is 0 Å². The Balaban J connectivity index is -0.00000000566. The topological polar surface area (TPSA) is 37.3 Å². The Labute approximate surface area is 267 Å². The zero-order chi connectivity index (χ0) is 11.2. The maximum absolute atomic E-state index is 9.77. The van der Waals surface area contributed by atoms with Crippen LogP contribution in [0.1, 0.15) is 34.1 Å². The van der Waals surface area contributed by atoms with Gasteiger partial charge in [0, 0.05) is 210 Å². The molecule has 2 nitrogen and oxygen atoms in total. The third-order valence-electron chi connectivity index (χ3n) is 0. The smallest absolute Gasteiger partial charge is 0.194 e. The van der Waals surface area contributed by atoms with Crippen LogP contribution in [0.5, 0.6) is 0 Å². The van der Waals surface area contributed by atoms with E-state index in [9.17, 15) is 4.57 Å². The molecule has 98 valence electrons.